The minimum Gasteiger partial charge on any atom is -0.334 e. The number of anilines is 1. The SMILES string of the molecule is CCN1C(=C2SC(=Nc3ccc(C)c(Cl)c3)N(C3CCCCC3)C2=O)Sc2ccccc21. The summed E-state index contributed by atoms with van der Waals surface area (Å²) in [5.74, 6) is 0.0904. The summed E-state index contributed by atoms with van der Waals surface area (Å²) in [5.41, 5.74) is 2.99. The van der Waals surface area contributed by atoms with Gasteiger partial charge in [-0.05, 0) is 68.3 Å². The molecule has 2 aliphatic heterocycles. The van der Waals surface area contributed by atoms with Gasteiger partial charge in [0, 0.05) is 22.5 Å². The van der Waals surface area contributed by atoms with Crippen molar-refractivity contribution in [3.8, 4) is 0 Å². The molecule has 1 saturated heterocycles. The molecule has 0 aromatic heterocycles. The van der Waals surface area contributed by atoms with Crippen molar-refractivity contribution in [2.24, 2.45) is 4.99 Å². The molecule has 0 unspecified atom stereocenters. The Morgan fingerprint density at radius 2 is 1.88 bits per heavy atom. The highest BCUT2D eigenvalue weighted by Crippen LogP contribution is 2.51. The maximum absolute atomic E-state index is 13.8. The smallest absolute Gasteiger partial charge is 0.269 e. The zero-order chi connectivity index (χ0) is 22.2. The third kappa shape index (κ3) is 3.97. The first-order valence-corrected chi connectivity index (χ1v) is 13.2. The Morgan fingerprint density at radius 1 is 1.09 bits per heavy atom. The van der Waals surface area contributed by atoms with Crippen LogP contribution in [0, 0.1) is 6.92 Å². The minimum atomic E-state index is 0.0904. The Labute approximate surface area is 203 Å². The molecule has 0 atom stereocenters. The lowest BCUT2D eigenvalue weighted by Gasteiger charge is -2.30. The van der Waals surface area contributed by atoms with Crippen LogP contribution in [0.2, 0.25) is 5.02 Å². The third-order valence-corrected chi connectivity index (χ3v) is 9.01. The van der Waals surface area contributed by atoms with Crippen molar-refractivity contribution >= 4 is 57.6 Å². The number of hydrogen-bond acceptors (Lipinski definition) is 5. The number of benzene rings is 2. The quantitative estimate of drug-likeness (QED) is 0.427. The van der Waals surface area contributed by atoms with E-state index in [1.54, 1.807) is 11.8 Å². The van der Waals surface area contributed by atoms with E-state index in [-0.39, 0.29) is 11.9 Å². The van der Waals surface area contributed by atoms with E-state index in [2.05, 4.69) is 36.1 Å². The average molecular weight is 484 g/mol. The largest absolute Gasteiger partial charge is 0.334 e. The van der Waals surface area contributed by atoms with Crippen molar-refractivity contribution in [3.05, 3.63) is 63.0 Å². The van der Waals surface area contributed by atoms with Crippen LogP contribution in [0.25, 0.3) is 0 Å². The van der Waals surface area contributed by atoms with Gasteiger partial charge in [0.2, 0.25) is 0 Å². The molecular weight excluding hydrogens is 458 g/mol. The molecule has 0 spiro atoms. The second kappa shape index (κ2) is 9.16. The molecule has 0 radical (unpaired) electrons. The number of aryl methyl sites for hydroxylation is 1. The zero-order valence-electron chi connectivity index (χ0n) is 18.3. The van der Waals surface area contributed by atoms with Gasteiger partial charge in [-0.15, -0.1) is 0 Å². The van der Waals surface area contributed by atoms with Gasteiger partial charge in [-0.1, -0.05) is 60.8 Å². The summed E-state index contributed by atoms with van der Waals surface area (Å²) in [5, 5.41) is 2.50. The highest BCUT2D eigenvalue weighted by molar-refractivity contribution is 8.19. The van der Waals surface area contributed by atoms with Crippen molar-refractivity contribution in [1.29, 1.82) is 0 Å². The van der Waals surface area contributed by atoms with Gasteiger partial charge in [0.05, 0.1) is 11.4 Å². The van der Waals surface area contributed by atoms with E-state index in [1.807, 2.05) is 30.0 Å². The van der Waals surface area contributed by atoms with Crippen molar-refractivity contribution < 1.29 is 4.79 Å². The molecule has 2 aromatic carbocycles. The van der Waals surface area contributed by atoms with Crippen molar-refractivity contribution in [3.63, 3.8) is 0 Å². The highest BCUT2D eigenvalue weighted by atomic mass is 35.5. The molecular formula is C25H26ClN3OS2. The van der Waals surface area contributed by atoms with Crippen molar-refractivity contribution in [1.82, 2.24) is 4.90 Å². The van der Waals surface area contributed by atoms with Crippen LogP contribution in [0.4, 0.5) is 11.4 Å². The van der Waals surface area contributed by atoms with E-state index in [1.165, 1.54) is 28.8 Å². The average Bonchev–Trinajstić information content (AvgIpc) is 3.33. The first-order chi connectivity index (χ1) is 15.6. The second-order valence-corrected chi connectivity index (χ2v) is 10.8. The topological polar surface area (TPSA) is 35.9 Å². The van der Waals surface area contributed by atoms with Gasteiger partial charge in [-0.25, -0.2) is 4.99 Å². The van der Waals surface area contributed by atoms with Gasteiger partial charge in [0.15, 0.2) is 5.17 Å². The van der Waals surface area contributed by atoms with Crippen LogP contribution in [0.1, 0.15) is 44.6 Å². The van der Waals surface area contributed by atoms with E-state index < -0.39 is 0 Å². The first kappa shape index (κ1) is 21.9. The summed E-state index contributed by atoms with van der Waals surface area (Å²) < 4.78 is 0. The summed E-state index contributed by atoms with van der Waals surface area (Å²) in [6.45, 7) is 4.94. The zero-order valence-corrected chi connectivity index (χ0v) is 20.7. The Balaban J connectivity index is 1.57. The number of hydrogen-bond donors (Lipinski definition) is 0. The van der Waals surface area contributed by atoms with Gasteiger partial charge >= 0.3 is 0 Å². The van der Waals surface area contributed by atoms with Gasteiger partial charge in [0.1, 0.15) is 9.93 Å². The molecule has 4 nitrogen and oxygen atoms in total. The summed E-state index contributed by atoms with van der Waals surface area (Å²) in [6.07, 6.45) is 5.64. The monoisotopic (exact) mass is 483 g/mol. The maximum Gasteiger partial charge on any atom is 0.269 e. The Morgan fingerprint density at radius 3 is 2.62 bits per heavy atom. The molecule has 1 saturated carbocycles. The number of carbonyl (C=O) groups excluding carboxylic acids is 1. The Hall–Kier alpha value is -1.89. The van der Waals surface area contributed by atoms with Crippen LogP contribution in [-0.4, -0.2) is 28.6 Å². The van der Waals surface area contributed by atoms with Crippen LogP contribution >= 0.6 is 35.1 Å². The lowest BCUT2D eigenvalue weighted by Crippen LogP contribution is -2.40. The summed E-state index contributed by atoms with van der Waals surface area (Å²) in [4.78, 5) is 25.0. The maximum atomic E-state index is 13.8. The molecule has 32 heavy (non-hydrogen) atoms. The van der Waals surface area contributed by atoms with Crippen LogP contribution in [0.15, 0.2) is 62.3 Å². The van der Waals surface area contributed by atoms with E-state index in [9.17, 15) is 4.79 Å². The van der Waals surface area contributed by atoms with Crippen LogP contribution in [0.5, 0.6) is 0 Å². The number of aliphatic imine (C=N–C) groups is 1. The van der Waals surface area contributed by atoms with Crippen LogP contribution in [-0.2, 0) is 4.79 Å². The fraction of sp³-hybridized carbons (Fsp3) is 0.360. The van der Waals surface area contributed by atoms with E-state index >= 15 is 0 Å². The fourth-order valence-electron chi connectivity index (χ4n) is 4.53. The summed E-state index contributed by atoms with van der Waals surface area (Å²) in [6, 6.07) is 14.4. The Kier molecular flexibility index (Phi) is 6.28. The fourth-order valence-corrected chi connectivity index (χ4v) is 7.16. The van der Waals surface area contributed by atoms with Crippen molar-refractivity contribution in [2.45, 2.75) is 56.9 Å². The number of thioether (sulfide) groups is 2. The Bertz CT molecular complexity index is 1120. The lowest BCUT2D eigenvalue weighted by atomic mass is 9.94. The number of rotatable bonds is 3. The molecule has 7 heteroatoms. The predicted molar refractivity (Wildman–Crippen MR) is 137 cm³/mol. The number of nitrogens with zero attached hydrogens (tertiary/aromatic N) is 3. The van der Waals surface area contributed by atoms with E-state index in [0.717, 1.165) is 58.6 Å². The molecule has 0 bridgehead atoms. The predicted octanol–water partition coefficient (Wildman–Crippen LogP) is 7.35. The lowest BCUT2D eigenvalue weighted by molar-refractivity contribution is -0.124. The highest BCUT2D eigenvalue weighted by Gasteiger charge is 2.42. The van der Waals surface area contributed by atoms with E-state index in [4.69, 9.17) is 16.6 Å². The van der Waals surface area contributed by atoms with Crippen molar-refractivity contribution in [2.75, 3.05) is 11.4 Å². The van der Waals surface area contributed by atoms with Crippen LogP contribution < -0.4 is 4.90 Å². The number of amides is 1. The minimum absolute atomic E-state index is 0.0904. The molecule has 0 N–H and O–H groups in total. The molecule has 2 heterocycles. The molecule has 5 rings (SSSR count). The third-order valence-electron chi connectivity index (χ3n) is 6.25. The molecule has 2 aromatic rings. The number of fused-ring (bicyclic) bond motifs is 1. The van der Waals surface area contributed by atoms with E-state index in [0.29, 0.717) is 5.02 Å². The standard InChI is InChI=1S/C25H26ClN3OS2/c1-3-28-20-11-7-8-12-21(20)31-24(28)22-23(30)29(18-9-5-4-6-10-18)25(32-22)27-17-14-13-16(2)19(26)15-17/h7-8,11-15,18H,3-6,9-10H2,1-2H3. The van der Waals surface area contributed by atoms with Gasteiger partial charge < -0.3 is 4.90 Å². The normalized spacial score (nSPS) is 22.8. The number of amidine groups is 1. The van der Waals surface area contributed by atoms with Gasteiger partial charge in [-0.2, -0.15) is 0 Å². The van der Waals surface area contributed by atoms with Gasteiger partial charge in [0.25, 0.3) is 5.91 Å². The van der Waals surface area contributed by atoms with Crippen LogP contribution in [0.3, 0.4) is 0 Å². The first-order valence-electron chi connectivity index (χ1n) is 11.2. The molecule has 1 aliphatic carbocycles. The number of para-hydroxylation sites is 1. The molecule has 1 amide bonds. The summed E-state index contributed by atoms with van der Waals surface area (Å²) >= 11 is 9.56. The number of carbonyl (C=O) groups is 1. The number of halogens is 1. The summed E-state index contributed by atoms with van der Waals surface area (Å²) in [7, 11) is 0. The molecule has 166 valence electrons. The van der Waals surface area contributed by atoms with Gasteiger partial charge in [-0.3, -0.25) is 9.69 Å². The molecule has 3 aliphatic rings. The second-order valence-electron chi connectivity index (χ2n) is 8.35. The molecule has 2 fully saturated rings.